The molecule has 1 aromatic carbocycles. The van der Waals surface area contributed by atoms with Crippen LogP contribution < -0.4 is 4.90 Å². The van der Waals surface area contributed by atoms with Gasteiger partial charge in [-0.25, -0.2) is 4.98 Å². The number of aryl methyl sites for hydroxylation is 2. The third kappa shape index (κ3) is 3.79. The number of halogens is 1. The van der Waals surface area contributed by atoms with E-state index in [-0.39, 0.29) is 12.0 Å². The van der Waals surface area contributed by atoms with Crippen molar-refractivity contribution >= 4 is 48.5 Å². The van der Waals surface area contributed by atoms with Crippen molar-refractivity contribution in [1.29, 1.82) is 0 Å². The van der Waals surface area contributed by atoms with Crippen LogP contribution in [-0.2, 0) is 11.3 Å². The number of fused-ring (bicyclic) bond motifs is 1. The fraction of sp³-hybridized carbons (Fsp3) is 0.421. The van der Waals surface area contributed by atoms with Crippen LogP contribution in [0.1, 0.15) is 35.9 Å². The van der Waals surface area contributed by atoms with Crippen molar-refractivity contribution in [2.45, 2.75) is 39.3 Å². The van der Waals surface area contributed by atoms with Gasteiger partial charge in [0.25, 0.3) is 5.91 Å². The first-order valence-corrected chi connectivity index (χ1v) is 10.7. The molecule has 0 saturated carbocycles. The Kier molecular flexibility index (Phi) is 5.29. The lowest BCUT2D eigenvalue weighted by Crippen LogP contribution is -2.38. The number of anilines is 1. The average Bonchev–Trinajstić information content (AvgIpc) is 3.37. The summed E-state index contributed by atoms with van der Waals surface area (Å²) in [5, 5.41) is 5.13. The highest BCUT2D eigenvalue weighted by Crippen LogP contribution is 2.32. The molecule has 6 nitrogen and oxygen atoms in total. The molecule has 0 N–H and O–H groups in total. The Hall–Kier alpha value is -1.77. The fourth-order valence-electron chi connectivity index (χ4n) is 3.34. The summed E-state index contributed by atoms with van der Waals surface area (Å²) >= 11 is 5.03. The number of rotatable bonds is 5. The van der Waals surface area contributed by atoms with E-state index in [1.165, 1.54) is 11.3 Å². The van der Waals surface area contributed by atoms with Gasteiger partial charge in [0.05, 0.1) is 28.6 Å². The summed E-state index contributed by atoms with van der Waals surface area (Å²) < 4.78 is 9.60. The molecule has 8 heteroatoms. The predicted octanol–water partition coefficient (Wildman–Crippen LogP) is 4.41. The number of carbonyl (C=O) groups is 1. The number of aromatic nitrogens is 3. The van der Waals surface area contributed by atoms with Crippen LogP contribution in [0.15, 0.2) is 28.7 Å². The highest BCUT2D eigenvalue weighted by Gasteiger charge is 2.29. The smallest absolute Gasteiger partial charge is 0.278 e. The van der Waals surface area contributed by atoms with E-state index in [0.717, 1.165) is 39.8 Å². The molecule has 4 rings (SSSR count). The van der Waals surface area contributed by atoms with Crippen molar-refractivity contribution in [2.24, 2.45) is 0 Å². The van der Waals surface area contributed by atoms with E-state index in [0.29, 0.717) is 23.9 Å². The molecular weight excluding hydrogens is 428 g/mol. The first-order chi connectivity index (χ1) is 13.0. The van der Waals surface area contributed by atoms with Crippen molar-refractivity contribution in [3.63, 3.8) is 0 Å². The van der Waals surface area contributed by atoms with Crippen LogP contribution in [0.5, 0.6) is 0 Å². The van der Waals surface area contributed by atoms with Crippen LogP contribution in [-0.4, -0.2) is 39.9 Å². The molecule has 0 spiro atoms. The summed E-state index contributed by atoms with van der Waals surface area (Å²) in [5.74, 6) is -0.0777. The number of ether oxygens (including phenoxy) is 1. The SMILES string of the molecule is CCn1nc(C)cc1C(=O)N(CC1CCCO1)c1nc2ccc(Br)cc2s1. The number of nitrogens with zero attached hydrogens (tertiary/aromatic N) is 4. The molecule has 27 heavy (non-hydrogen) atoms. The maximum absolute atomic E-state index is 13.4. The summed E-state index contributed by atoms with van der Waals surface area (Å²) in [6.07, 6.45) is 2.05. The van der Waals surface area contributed by atoms with Crippen molar-refractivity contribution in [2.75, 3.05) is 18.1 Å². The van der Waals surface area contributed by atoms with Gasteiger partial charge in [0.1, 0.15) is 5.69 Å². The van der Waals surface area contributed by atoms with Crippen molar-refractivity contribution in [3.8, 4) is 0 Å². The predicted molar refractivity (Wildman–Crippen MR) is 111 cm³/mol. The fourth-order valence-corrected chi connectivity index (χ4v) is 4.86. The van der Waals surface area contributed by atoms with Gasteiger partial charge in [-0.1, -0.05) is 27.3 Å². The Bertz CT molecular complexity index is 977. The minimum atomic E-state index is -0.0777. The first kappa shape index (κ1) is 18.6. The van der Waals surface area contributed by atoms with Gasteiger partial charge in [0.15, 0.2) is 5.13 Å². The zero-order chi connectivity index (χ0) is 19.0. The van der Waals surface area contributed by atoms with Crippen molar-refractivity contribution in [3.05, 3.63) is 40.1 Å². The first-order valence-electron chi connectivity index (χ1n) is 9.09. The third-order valence-corrected chi connectivity index (χ3v) is 6.18. The molecular formula is C19H21BrN4O2S. The van der Waals surface area contributed by atoms with Crippen LogP contribution >= 0.6 is 27.3 Å². The third-order valence-electron chi connectivity index (χ3n) is 4.65. The molecule has 1 aliphatic heterocycles. The lowest BCUT2D eigenvalue weighted by Gasteiger charge is -2.23. The molecule has 2 aromatic heterocycles. The quantitative estimate of drug-likeness (QED) is 0.579. The standard InChI is InChI=1S/C19H21BrN4O2S/c1-3-24-16(9-12(2)22-24)18(25)23(11-14-5-4-8-26-14)19-21-15-7-6-13(20)10-17(15)27-19/h6-7,9-10,14H,3-5,8,11H2,1-2H3. The van der Waals surface area contributed by atoms with Crippen molar-refractivity contribution in [1.82, 2.24) is 14.8 Å². The zero-order valence-corrected chi connectivity index (χ0v) is 17.7. The molecule has 1 fully saturated rings. The number of carbonyl (C=O) groups excluding carboxylic acids is 1. The number of thiazole rings is 1. The lowest BCUT2D eigenvalue weighted by molar-refractivity contribution is 0.0908. The van der Waals surface area contributed by atoms with E-state index in [1.54, 1.807) is 9.58 Å². The average molecular weight is 449 g/mol. The molecule has 0 aliphatic carbocycles. The highest BCUT2D eigenvalue weighted by atomic mass is 79.9. The van der Waals surface area contributed by atoms with E-state index >= 15 is 0 Å². The molecule has 142 valence electrons. The topological polar surface area (TPSA) is 60.2 Å². The van der Waals surface area contributed by atoms with Gasteiger partial charge in [-0.3, -0.25) is 14.4 Å². The second-order valence-electron chi connectivity index (χ2n) is 6.65. The van der Waals surface area contributed by atoms with E-state index in [2.05, 4.69) is 21.0 Å². The van der Waals surface area contributed by atoms with Gasteiger partial charge in [-0.15, -0.1) is 0 Å². The number of hydrogen-bond donors (Lipinski definition) is 0. The van der Waals surface area contributed by atoms with Crippen LogP contribution in [0.2, 0.25) is 0 Å². The normalized spacial score (nSPS) is 16.9. The molecule has 1 atom stereocenters. The van der Waals surface area contributed by atoms with Crippen LogP contribution in [0, 0.1) is 6.92 Å². The Morgan fingerprint density at radius 1 is 1.44 bits per heavy atom. The minimum Gasteiger partial charge on any atom is -0.376 e. The van der Waals surface area contributed by atoms with Gasteiger partial charge in [0.2, 0.25) is 0 Å². The summed E-state index contributed by atoms with van der Waals surface area (Å²) in [7, 11) is 0. The van der Waals surface area contributed by atoms with E-state index < -0.39 is 0 Å². The molecule has 1 amide bonds. The van der Waals surface area contributed by atoms with E-state index in [4.69, 9.17) is 9.72 Å². The molecule has 3 aromatic rings. The van der Waals surface area contributed by atoms with Crippen molar-refractivity contribution < 1.29 is 9.53 Å². The maximum atomic E-state index is 13.4. The van der Waals surface area contributed by atoms with E-state index in [9.17, 15) is 4.79 Å². The van der Waals surface area contributed by atoms with Gasteiger partial charge in [-0.2, -0.15) is 5.10 Å². The lowest BCUT2D eigenvalue weighted by atomic mass is 10.2. The summed E-state index contributed by atoms with van der Waals surface area (Å²) in [6, 6.07) is 7.81. The number of amides is 1. The highest BCUT2D eigenvalue weighted by molar-refractivity contribution is 9.10. The summed E-state index contributed by atoms with van der Waals surface area (Å²) in [6.45, 7) is 5.81. The minimum absolute atomic E-state index is 0.0480. The van der Waals surface area contributed by atoms with Gasteiger partial charge < -0.3 is 4.74 Å². The molecule has 3 heterocycles. The van der Waals surface area contributed by atoms with Crippen LogP contribution in [0.4, 0.5) is 5.13 Å². The zero-order valence-electron chi connectivity index (χ0n) is 15.3. The monoisotopic (exact) mass is 448 g/mol. The van der Waals surface area contributed by atoms with Gasteiger partial charge >= 0.3 is 0 Å². The van der Waals surface area contributed by atoms with Gasteiger partial charge in [-0.05, 0) is 51.0 Å². The Balaban J connectivity index is 1.73. The molecule has 1 unspecified atom stereocenters. The second-order valence-corrected chi connectivity index (χ2v) is 8.57. The largest absolute Gasteiger partial charge is 0.376 e. The van der Waals surface area contributed by atoms with E-state index in [1.807, 2.05) is 38.1 Å². The Labute approximate surface area is 170 Å². The maximum Gasteiger partial charge on any atom is 0.278 e. The second kappa shape index (κ2) is 7.69. The molecule has 1 aliphatic rings. The summed E-state index contributed by atoms with van der Waals surface area (Å²) in [4.78, 5) is 19.9. The molecule has 0 bridgehead atoms. The Morgan fingerprint density at radius 2 is 2.30 bits per heavy atom. The molecule has 0 radical (unpaired) electrons. The summed E-state index contributed by atoms with van der Waals surface area (Å²) in [5.41, 5.74) is 2.32. The van der Waals surface area contributed by atoms with Crippen LogP contribution in [0.3, 0.4) is 0 Å². The Morgan fingerprint density at radius 3 is 3.04 bits per heavy atom. The number of benzene rings is 1. The molecule has 1 saturated heterocycles. The number of hydrogen-bond acceptors (Lipinski definition) is 5. The van der Waals surface area contributed by atoms with Gasteiger partial charge in [0, 0.05) is 17.6 Å². The van der Waals surface area contributed by atoms with Crippen LogP contribution in [0.25, 0.3) is 10.2 Å².